The zero-order chi connectivity index (χ0) is 13.8. The Labute approximate surface area is 108 Å². The van der Waals surface area contributed by atoms with Crippen molar-refractivity contribution in [2.75, 3.05) is 7.11 Å². The molecule has 7 heteroatoms. The van der Waals surface area contributed by atoms with Crippen LogP contribution in [0.3, 0.4) is 0 Å². The molecule has 0 saturated carbocycles. The molecule has 0 atom stereocenters. The van der Waals surface area contributed by atoms with Crippen molar-refractivity contribution in [2.45, 2.75) is 19.5 Å². The number of nitrogens with zero attached hydrogens (tertiary/aromatic N) is 1. The molecule has 1 aromatic rings. The van der Waals surface area contributed by atoms with Crippen LogP contribution in [0.5, 0.6) is 11.5 Å². The maximum absolute atomic E-state index is 12.2. The number of nitrogens with one attached hydrogen (secondary N) is 1. The number of amides is 1. The molecule has 5 nitrogen and oxygen atoms in total. The zero-order valence-electron chi connectivity index (χ0n) is 10.2. The molecule has 1 N–H and O–H groups in total. The zero-order valence-corrected chi connectivity index (χ0v) is 10.2. The fourth-order valence-corrected chi connectivity index (χ4v) is 1.72. The summed E-state index contributed by atoms with van der Waals surface area (Å²) in [6.45, 7) is -2.91. The van der Waals surface area contributed by atoms with Crippen molar-refractivity contribution >= 4 is 11.6 Å². The van der Waals surface area contributed by atoms with Gasteiger partial charge in [-0.15, -0.1) is 0 Å². The molecular formula is C12H12F2N2O3. The average Bonchev–Trinajstić information content (AvgIpc) is 2.39. The monoisotopic (exact) mass is 270 g/mol. The van der Waals surface area contributed by atoms with E-state index in [1.807, 2.05) is 0 Å². The Kier molecular flexibility index (Phi) is 3.94. The smallest absolute Gasteiger partial charge is 0.387 e. The first-order chi connectivity index (χ1) is 9.10. The standard InChI is InChI=1S/C12H12F2N2O3/c1-18-10-6-7(2-4-9(10)19-12(13)14)8-3-5-11(17)16-15-8/h2,4,6,12H,3,5H2,1H3,(H,16,17). The number of alkyl halides is 2. The van der Waals surface area contributed by atoms with Crippen molar-refractivity contribution in [3.05, 3.63) is 23.8 Å². The van der Waals surface area contributed by atoms with Crippen LogP contribution in [0.25, 0.3) is 0 Å². The van der Waals surface area contributed by atoms with Crippen molar-refractivity contribution in [1.29, 1.82) is 0 Å². The molecule has 0 aromatic heterocycles. The van der Waals surface area contributed by atoms with E-state index in [9.17, 15) is 13.6 Å². The van der Waals surface area contributed by atoms with E-state index in [2.05, 4.69) is 15.3 Å². The normalized spacial score (nSPS) is 14.9. The summed E-state index contributed by atoms with van der Waals surface area (Å²) in [4.78, 5) is 11.0. The number of carbonyl (C=O) groups is 1. The highest BCUT2D eigenvalue weighted by atomic mass is 19.3. The largest absolute Gasteiger partial charge is 0.493 e. The van der Waals surface area contributed by atoms with Gasteiger partial charge >= 0.3 is 6.61 Å². The Bertz CT molecular complexity index is 518. The number of methoxy groups -OCH3 is 1. The predicted molar refractivity (Wildman–Crippen MR) is 63.5 cm³/mol. The molecule has 0 saturated heterocycles. The van der Waals surface area contributed by atoms with Crippen LogP contribution < -0.4 is 14.9 Å². The number of benzene rings is 1. The Morgan fingerprint density at radius 2 is 2.11 bits per heavy atom. The maximum Gasteiger partial charge on any atom is 0.387 e. The molecule has 102 valence electrons. The third kappa shape index (κ3) is 3.18. The highest BCUT2D eigenvalue weighted by Crippen LogP contribution is 2.30. The number of carbonyl (C=O) groups excluding carboxylic acids is 1. The molecule has 0 fully saturated rings. The number of ether oxygens (including phenoxy) is 2. The third-order valence-corrected chi connectivity index (χ3v) is 2.62. The van der Waals surface area contributed by atoms with Crippen LogP contribution in [0, 0.1) is 0 Å². The van der Waals surface area contributed by atoms with Crippen LogP contribution in [-0.2, 0) is 4.79 Å². The van der Waals surface area contributed by atoms with E-state index in [4.69, 9.17) is 4.74 Å². The molecule has 19 heavy (non-hydrogen) atoms. The molecule has 0 bridgehead atoms. The summed E-state index contributed by atoms with van der Waals surface area (Å²) >= 11 is 0. The first-order valence-corrected chi connectivity index (χ1v) is 5.59. The van der Waals surface area contributed by atoms with E-state index < -0.39 is 6.61 Å². The van der Waals surface area contributed by atoms with E-state index in [1.54, 1.807) is 12.1 Å². The number of rotatable bonds is 4. The SMILES string of the molecule is COc1cc(C2=NNC(=O)CC2)ccc1OC(F)F. The summed E-state index contributed by atoms with van der Waals surface area (Å²) in [5, 5.41) is 3.92. The van der Waals surface area contributed by atoms with Crippen LogP contribution in [0.15, 0.2) is 23.3 Å². The van der Waals surface area contributed by atoms with Crippen LogP contribution in [0.4, 0.5) is 8.78 Å². The quantitative estimate of drug-likeness (QED) is 0.909. The average molecular weight is 270 g/mol. The number of hydrazone groups is 1. The first-order valence-electron chi connectivity index (χ1n) is 5.59. The summed E-state index contributed by atoms with van der Waals surface area (Å²) in [6, 6.07) is 4.53. The maximum atomic E-state index is 12.2. The number of halogens is 2. The van der Waals surface area contributed by atoms with Crippen molar-refractivity contribution in [3.63, 3.8) is 0 Å². The molecule has 0 radical (unpaired) electrons. The Morgan fingerprint density at radius 1 is 1.32 bits per heavy atom. The van der Waals surface area contributed by atoms with Crippen molar-refractivity contribution in [3.8, 4) is 11.5 Å². The molecule has 0 unspecified atom stereocenters. The molecule has 1 aliphatic heterocycles. The molecule has 1 heterocycles. The van der Waals surface area contributed by atoms with Crippen molar-refractivity contribution in [2.24, 2.45) is 5.10 Å². The van der Waals surface area contributed by atoms with Gasteiger partial charge < -0.3 is 9.47 Å². The second-order valence-corrected chi connectivity index (χ2v) is 3.84. The molecule has 1 aromatic carbocycles. The van der Waals surface area contributed by atoms with Gasteiger partial charge in [0.1, 0.15) is 0 Å². The van der Waals surface area contributed by atoms with Gasteiger partial charge in [-0.3, -0.25) is 4.79 Å². The van der Waals surface area contributed by atoms with Gasteiger partial charge in [-0.05, 0) is 18.2 Å². The van der Waals surface area contributed by atoms with Crippen LogP contribution in [0.2, 0.25) is 0 Å². The van der Waals surface area contributed by atoms with Crippen LogP contribution >= 0.6 is 0 Å². The first kappa shape index (κ1) is 13.3. The van der Waals surface area contributed by atoms with Gasteiger partial charge in [0.05, 0.1) is 12.8 Å². The van der Waals surface area contributed by atoms with Gasteiger partial charge in [0.25, 0.3) is 0 Å². The van der Waals surface area contributed by atoms with Crippen LogP contribution in [-0.4, -0.2) is 25.3 Å². The highest BCUT2D eigenvalue weighted by molar-refractivity contribution is 6.04. The number of hydrogen-bond acceptors (Lipinski definition) is 4. The fourth-order valence-electron chi connectivity index (χ4n) is 1.72. The molecule has 0 aliphatic carbocycles. The number of hydrogen-bond donors (Lipinski definition) is 1. The second-order valence-electron chi connectivity index (χ2n) is 3.84. The lowest BCUT2D eigenvalue weighted by molar-refractivity contribution is -0.121. The summed E-state index contributed by atoms with van der Waals surface area (Å²) in [5.74, 6) is 0.00691. The third-order valence-electron chi connectivity index (χ3n) is 2.62. The molecule has 1 aliphatic rings. The van der Waals surface area contributed by atoms with E-state index in [0.29, 0.717) is 24.1 Å². The summed E-state index contributed by atoms with van der Waals surface area (Å²) in [7, 11) is 1.36. The lowest BCUT2D eigenvalue weighted by Gasteiger charge is -2.14. The lowest BCUT2D eigenvalue weighted by atomic mass is 10.0. The van der Waals surface area contributed by atoms with Gasteiger partial charge in [0, 0.05) is 18.4 Å². The van der Waals surface area contributed by atoms with E-state index in [0.717, 1.165) is 0 Å². The minimum absolute atomic E-state index is 0.0401. The molecule has 1 amide bonds. The van der Waals surface area contributed by atoms with Crippen LogP contribution in [0.1, 0.15) is 18.4 Å². The highest BCUT2D eigenvalue weighted by Gasteiger charge is 2.16. The van der Waals surface area contributed by atoms with Gasteiger partial charge in [-0.1, -0.05) is 0 Å². The minimum Gasteiger partial charge on any atom is -0.493 e. The van der Waals surface area contributed by atoms with E-state index in [1.165, 1.54) is 13.2 Å². The summed E-state index contributed by atoms with van der Waals surface area (Å²) in [6.07, 6.45) is 0.834. The summed E-state index contributed by atoms with van der Waals surface area (Å²) < 4.78 is 33.7. The lowest BCUT2D eigenvalue weighted by Crippen LogP contribution is -2.25. The van der Waals surface area contributed by atoms with Crippen molar-refractivity contribution in [1.82, 2.24) is 5.43 Å². The van der Waals surface area contributed by atoms with E-state index >= 15 is 0 Å². The van der Waals surface area contributed by atoms with Crippen molar-refractivity contribution < 1.29 is 23.0 Å². The minimum atomic E-state index is -2.91. The summed E-state index contributed by atoms with van der Waals surface area (Å²) in [5.41, 5.74) is 3.73. The predicted octanol–water partition coefficient (Wildman–Crippen LogP) is 1.91. The van der Waals surface area contributed by atoms with Gasteiger partial charge in [0.2, 0.25) is 5.91 Å². The molecule has 2 rings (SSSR count). The topological polar surface area (TPSA) is 59.9 Å². The molecular weight excluding hydrogens is 258 g/mol. The van der Waals surface area contributed by atoms with Gasteiger partial charge in [0.15, 0.2) is 11.5 Å². The Hall–Kier alpha value is -2.18. The fraction of sp³-hybridized carbons (Fsp3) is 0.333. The Morgan fingerprint density at radius 3 is 2.68 bits per heavy atom. The van der Waals surface area contributed by atoms with Gasteiger partial charge in [-0.2, -0.15) is 13.9 Å². The second kappa shape index (κ2) is 5.64. The Balaban J connectivity index is 2.26. The molecule has 0 spiro atoms. The van der Waals surface area contributed by atoms with Gasteiger partial charge in [-0.25, -0.2) is 5.43 Å². The van der Waals surface area contributed by atoms with E-state index in [-0.39, 0.29) is 17.4 Å².